The first-order valence-electron chi connectivity index (χ1n) is 21.1. The van der Waals surface area contributed by atoms with Gasteiger partial charge in [0, 0.05) is 45.9 Å². The lowest BCUT2D eigenvalue weighted by Gasteiger charge is -2.31. The molecule has 19 heteroatoms. The number of amides is 1. The molecule has 1 amide bonds. The van der Waals surface area contributed by atoms with Crippen molar-refractivity contribution in [2.45, 2.75) is 64.5 Å². The van der Waals surface area contributed by atoms with Crippen LogP contribution in [0.4, 0.5) is 0 Å². The van der Waals surface area contributed by atoms with Crippen LogP contribution in [-0.2, 0) is 55.6 Å². The molecule has 7 rings (SSSR count). The van der Waals surface area contributed by atoms with Gasteiger partial charge in [0.05, 0.1) is 28.7 Å². The number of aromatic amines is 1. The van der Waals surface area contributed by atoms with Crippen molar-refractivity contribution in [1.82, 2.24) is 34.3 Å². The Labute approximate surface area is 376 Å². The second-order valence-corrected chi connectivity index (χ2v) is 18.6. The Morgan fingerprint density at radius 1 is 0.953 bits per heavy atom. The van der Waals surface area contributed by atoms with Crippen LogP contribution in [0.1, 0.15) is 50.9 Å². The summed E-state index contributed by atoms with van der Waals surface area (Å²) in [6, 6.07) is 18.7. The van der Waals surface area contributed by atoms with Gasteiger partial charge in [-0.2, -0.15) is 9.40 Å². The molecule has 0 saturated carbocycles. The summed E-state index contributed by atoms with van der Waals surface area (Å²) in [6.45, 7) is 9.84. The van der Waals surface area contributed by atoms with Crippen molar-refractivity contribution in [1.29, 1.82) is 0 Å². The summed E-state index contributed by atoms with van der Waals surface area (Å²) in [5, 5.41) is 7.10. The average Bonchev–Trinajstić information content (AvgIpc) is 3.88. The molecule has 5 aromatic rings. The molecule has 3 aromatic carbocycles. The third kappa shape index (κ3) is 11.9. The van der Waals surface area contributed by atoms with E-state index in [1.807, 2.05) is 63.4 Å². The van der Waals surface area contributed by atoms with Crippen LogP contribution < -0.4 is 25.1 Å². The topological polar surface area (TPSA) is 204 Å². The number of benzene rings is 3. The summed E-state index contributed by atoms with van der Waals surface area (Å²) in [7, 11) is -0.00831. The molecule has 2 atom stereocenters. The normalized spacial score (nSPS) is 14.9. The molecule has 2 aromatic heterocycles. The zero-order valence-electron chi connectivity index (χ0n) is 36.9. The number of hydrogen-bond acceptors (Lipinski definition) is 14. The molecule has 2 aliphatic rings. The zero-order valence-corrected chi connectivity index (χ0v) is 38.6. The number of likely N-dealkylation sites (N-methyl/N-ethyl adjacent to an activating group) is 1. The van der Waals surface area contributed by atoms with Gasteiger partial charge >= 0.3 is 5.97 Å². The summed E-state index contributed by atoms with van der Waals surface area (Å²) < 4.78 is 51.4. The van der Waals surface area contributed by atoms with E-state index in [1.165, 1.54) is 15.9 Å². The summed E-state index contributed by atoms with van der Waals surface area (Å²) in [5.74, 6) is 0.996. The number of rotatable bonds is 16. The van der Waals surface area contributed by atoms with Crippen LogP contribution in [0, 0.1) is 5.92 Å². The quantitative estimate of drug-likeness (QED) is 0.129. The Hall–Kier alpha value is -5.76. The van der Waals surface area contributed by atoms with Crippen LogP contribution in [0.3, 0.4) is 0 Å². The minimum absolute atomic E-state index is 0.0706. The first-order valence-corrected chi connectivity index (χ1v) is 23.6. The molecule has 2 aliphatic heterocycles. The number of hydrogen-bond donors (Lipinski definition) is 2. The number of aryl methyl sites for hydroxylation is 2. The van der Waals surface area contributed by atoms with E-state index in [4.69, 9.17) is 23.9 Å². The predicted octanol–water partition coefficient (Wildman–Crippen LogP) is 4.71. The van der Waals surface area contributed by atoms with Gasteiger partial charge in [-0.1, -0.05) is 61.5 Å². The standard InChI is InChI=1S/C23H25NO6S.C22H30N6O4S/c1-15(23(27)28-12-17-6-4-3-5-7-17)24-22(26)19(13-31-16(2)25)10-18-8-9-20-21(11-18)30-14-29-20;1-5-7-17-19-20(27(4)25-17)22(29)24-21(23-19)16-14-15(8-9-18(16)32-6-2)33(30,31)28-12-10-26(3)11-13-28/h3-9,11,15,19H,10,12-14H2,1-2H3,(H,24,26);8-9,14H,5-7,10-13H2,1-4H3,(H,23,24,29)/t15-,19+;/m0./s1. The first kappa shape index (κ1) is 47.7. The molecular weight excluding hydrogens is 863 g/mol. The fourth-order valence-corrected chi connectivity index (χ4v) is 9.29. The van der Waals surface area contributed by atoms with Crippen molar-refractivity contribution in [3.63, 3.8) is 0 Å². The number of H-pyrrole nitrogens is 1. The number of ether oxygens (including phenoxy) is 4. The predicted molar refractivity (Wildman–Crippen MR) is 243 cm³/mol. The molecule has 0 radical (unpaired) electrons. The summed E-state index contributed by atoms with van der Waals surface area (Å²) in [5.41, 5.74) is 3.50. The Morgan fingerprint density at radius 2 is 1.69 bits per heavy atom. The highest BCUT2D eigenvalue weighted by Crippen LogP contribution is 2.34. The monoisotopic (exact) mass is 917 g/mol. The smallest absolute Gasteiger partial charge is 0.328 e. The number of esters is 1. The lowest BCUT2D eigenvalue weighted by molar-refractivity contribution is -0.149. The molecule has 0 unspecified atom stereocenters. The highest BCUT2D eigenvalue weighted by Gasteiger charge is 2.30. The van der Waals surface area contributed by atoms with Crippen LogP contribution >= 0.6 is 11.8 Å². The minimum atomic E-state index is -3.70. The van der Waals surface area contributed by atoms with Gasteiger partial charge in [-0.25, -0.2) is 18.2 Å². The van der Waals surface area contributed by atoms with Crippen LogP contribution in [0.2, 0.25) is 0 Å². The molecule has 1 fully saturated rings. The Balaban J connectivity index is 0.000000213. The van der Waals surface area contributed by atoms with E-state index >= 15 is 0 Å². The highest BCUT2D eigenvalue weighted by atomic mass is 32.2. The van der Waals surface area contributed by atoms with Gasteiger partial charge in [0.15, 0.2) is 22.1 Å². The number of thioether (sulfide) groups is 1. The number of piperazine rings is 1. The van der Waals surface area contributed by atoms with Crippen molar-refractivity contribution < 1.29 is 41.7 Å². The average molecular weight is 918 g/mol. The first-order chi connectivity index (χ1) is 30.7. The number of nitrogens with one attached hydrogen (secondary N) is 2. The SMILES string of the molecule is CC(=O)SC[C@@H](Cc1ccc2c(c1)OCO2)C(=O)N[C@@H](C)C(=O)OCc1ccccc1.CCCc1nn(C)c2c(=O)[nH]c(-c3cc(S(=O)(=O)N4CCN(C)CC4)ccc3OCC)nc12. The molecule has 342 valence electrons. The van der Waals surface area contributed by atoms with Crippen LogP contribution in [0.25, 0.3) is 22.4 Å². The number of aromatic nitrogens is 4. The van der Waals surface area contributed by atoms with Gasteiger partial charge in [0.25, 0.3) is 5.56 Å². The van der Waals surface area contributed by atoms with E-state index in [2.05, 4.69) is 20.3 Å². The number of nitrogens with zero attached hydrogens (tertiary/aromatic N) is 5. The molecule has 2 N–H and O–H groups in total. The maximum atomic E-state index is 13.3. The van der Waals surface area contributed by atoms with E-state index in [0.29, 0.717) is 85.2 Å². The van der Waals surface area contributed by atoms with Crippen molar-refractivity contribution >= 4 is 49.8 Å². The molecule has 64 heavy (non-hydrogen) atoms. The molecule has 17 nitrogen and oxygen atoms in total. The van der Waals surface area contributed by atoms with Gasteiger partial charge in [0.2, 0.25) is 22.7 Å². The fraction of sp³-hybridized carbons (Fsp3) is 0.422. The van der Waals surface area contributed by atoms with Gasteiger partial charge in [-0.3, -0.25) is 19.1 Å². The molecule has 0 aliphatic carbocycles. The Bertz CT molecular complexity index is 2610. The third-order valence-electron chi connectivity index (χ3n) is 10.6. The largest absolute Gasteiger partial charge is 0.493 e. The molecule has 0 bridgehead atoms. The number of sulfonamides is 1. The maximum absolute atomic E-state index is 13.3. The van der Waals surface area contributed by atoms with E-state index in [1.54, 1.807) is 38.2 Å². The van der Waals surface area contributed by atoms with Crippen molar-refractivity contribution in [3.8, 4) is 28.6 Å². The number of fused-ring (bicyclic) bond motifs is 2. The molecule has 4 heterocycles. The second-order valence-electron chi connectivity index (χ2n) is 15.4. The van der Waals surface area contributed by atoms with Gasteiger partial charge < -0.3 is 34.1 Å². The van der Waals surface area contributed by atoms with E-state index in [-0.39, 0.29) is 40.7 Å². The van der Waals surface area contributed by atoms with Crippen LogP contribution in [0.5, 0.6) is 17.2 Å². The van der Waals surface area contributed by atoms with Gasteiger partial charge in [-0.15, -0.1) is 0 Å². The summed E-state index contributed by atoms with van der Waals surface area (Å²) >= 11 is 1.08. The van der Waals surface area contributed by atoms with E-state index < -0.39 is 28.0 Å². The Morgan fingerprint density at radius 3 is 2.39 bits per heavy atom. The summed E-state index contributed by atoms with van der Waals surface area (Å²) in [6.07, 6.45) is 1.94. The second kappa shape index (κ2) is 21.7. The number of carbonyl (C=O) groups is 3. The van der Waals surface area contributed by atoms with E-state index in [9.17, 15) is 27.6 Å². The lowest BCUT2D eigenvalue weighted by Crippen LogP contribution is -2.47. The lowest BCUT2D eigenvalue weighted by atomic mass is 9.99. The molecular formula is C45H55N7O10S2. The summed E-state index contributed by atoms with van der Waals surface area (Å²) in [4.78, 5) is 59.3. The fourth-order valence-electron chi connectivity index (χ4n) is 7.13. The van der Waals surface area contributed by atoms with E-state index in [0.717, 1.165) is 35.0 Å². The number of carbonyl (C=O) groups excluding carboxylic acids is 3. The zero-order chi connectivity index (χ0) is 46.0. The highest BCUT2D eigenvalue weighted by molar-refractivity contribution is 8.13. The van der Waals surface area contributed by atoms with Crippen molar-refractivity contribution in [3.05, 3.63) is 93.9 Å². The van der Waals surface area contributed by atoms with Gasteiger partial charge in [0.1, 0.15) is 29.7 Å². The van der Waals surface area contributed by atoms with Crippen molar-refractivity contribution in [2.24, 2.45) is 13.0 Å². The van der Waals surface area contributed by atoms with Crippen LogP contribution in [-0.4, -0.2) is 113 Å². The van der Waals surface area contributed by atoms with Gasteiger partial charge in [-0.05, 0) is 75.2 Å². The third-order valence-corrected chi connectivity index (χ3v) is 13.4. The minimum Gasteiger partial charge on any atom is -0.493 e. The molecule has 0 spiro atoms. The Kier molecular flexibility index (Phi) is 16.2. The molecule has 1 saturated heterocycles. The van der Waals surface area contributed by atoms with Crippen LogP contribution in [0.15, 0.2) is 76.4 Å². The van der Waals surface area contributed by atoms with Crippen molar-refractivity contribution in [2.75, 3.05) is 52.4 Å². The maximum Gasteiger partial charge on any atom is 0.328 e.